The fraction of sp³-hybridized carbons (Fsp3) is 0.286. The number of aromatic hydroxyl groups is 1. The topological polar surface area (TPSA) is 142 Å². The minimum absolute atomic E-state index is 0.0724. The standard InChI is InChI=1S/C21H25N3O5/c1-13(22)19(26)23-17(11-15-7-9-16(25)10-8-15)20(27)24-18(21(28)29)12-14-5-3-2-4-6-14/h2-10,13,17-18,25H,11-12,22H2,1H3,(H,23,26)(H,24,27)(H,28,29)/t13-,17-,18-/m0/s1. The Morgan fingerprint density at radius 1 is 0.862 bits per heavy atom. The Morgan fingerprint density at radius 2 is 1.38 bits per heavy atom. The Labute approximate surface area is 168 Å². The Kier molecular flexibility index (Phi) is 7.73. The third-order valence-corrected chi connectivity index (χ3v) is 4.32. The molecule has 0 aliphatic heterocycles. The first-order valence-corrected chi connectivity index (χ1v) is 9.17. The maximum atomic E-state index is 12.8. The van der Waals surface area contributed by atoms with Crippen LogP contribution in [0, 0.1) is 0 Å². The van der Waals surface area contributed by atoms with E-state index in [1.54, 1.807) is 36.4 Å². The number of carboxylic acids is 1. The first-order chi connectivity index (χ1) is 13.8. The van der Waals surface area contributed by atoms with E-state index in [4.69, 9.17) is 5.73 Å². The van der Waals surface area contributed by atoms with Crippen LogP contribution in [0.15, 0.2) is 54.6 Å². The van der Waals surface area contributed by atoms with Crippen LogP contribution < -0.4 is 16.4 Å². The highest BCUT2D eigenvalue weighted by atomic mass is 16.4. The predicted octanol–water partition coefficient (Wildman–Crippen LogP) is 0.579. The summed E-state index contributed by atoms with van der Waals surface area (Å²) in [6.45, 7) is 1.49. The van der Waals surface area contributed by atoms with E-state index in [-0.39, 0.29) is 18.6 Å². The van der Waals surface area contributed by atoms with Crippen molar-refractivity contribution in [1.29, 1.82) is 0 Å². The van der Waals surface area contributed by atoms with Gasteiger partial charge in [0, 0.05) is 12.8 Å². The number of hydrogen-bond donors (Lipinski definition) is 5. The van der Waals surface area contributed by atoms with Crippen LogP contribution in [0.25, 0.3) is 0 Å². The number of carbonyl (C=O) groups excluding carboxylic acids is 2. The molecule has 0 radical (unpaired) electrons. The summed E-state index contributed by atoms with van der Waals surface area (Å²) in [5.74, 6) is -2.26. The lowest BCUT2D eigenvalue weighted by molar-refractivity contribution is -0.142. The molecule has 6 N–H and O–H groups in total. The molecule has 0 aliphatic carbocycles. The van der Waals surface area contributed by atoms with Crippen LogP contribution in [0.3, 0.4) is 0 Å². The third-order valence-electron chi connectivity index (χ3n) is 4.32. The summed E-state index contributed by atoms with van der Waals surface area (Å²) in [6, 6.07) is 12.1. The fourth-order valence-corrected chi connectivity index (χ4v) is 2.70. The number of hydrogen-bond acceptors (Lipinski definition) is 5. The summed E-state index contributed by atoms with van der Waals surface area (Å²) in [6.07, 6.45) is 0.220. The molecule has 8 heteroatoms. The Hall–Kier alpha value is -3.39. The summed E-state index contributed by atoms with van der Waals surface area (Å²) in [5.41, 5.74) is 7.02. The number of carbonyl (C=O) groups is 3. The van der Waals surface area contributed by atoms with Crippen LogP contribution >= 0.6 is 0 Å². The number of nitrogens with one attached hydrogen (secondary N) is 2. The minimum atomic E-state index is -1.18. The number of phenolic OH excluding ortho intramolecular Hbond substituents is 1. The zero-order valence-electron chi connectivity index (χ0n) is 16.0. The zero-order chi connectivity index (χ0) is 21.4. The number of benzene rings is 2. The molecule has 154 valence electrons. The maximum absolute atomic E-state index is 12.8. The second-order valence-corrected chi connectivity index (χ2v) is 6.81. The molecule has 0 unspecified atom stereocenters. The minimum Gasteiger partial charge on any atom is -0.508 e. The Balaban J connectivity index is 2.15. The molecule has 0 heterocycles. The first-order valence-electron chi connectivity index (χ1n) is 9.17. The Morgan fingerprint density at radius 3 is 1.93 bits per heavy atom. The first kappa shape index (κ1) is 21.9. The van der Waals surface area contributed by atoms with Gasteiger partial charge < -0.3 is 26.6 Å². The molecular formula is C21H25N3O5. The van der Waals surface area contributed by atoms with Gasteiger partial charge in [-0.25, -0.2) is 4.79 Å². The average Bonchev–Trinajstić information content (AvgIpc) is 2.69. The molecule has 0 saturated carbocycles. The van der Waals surface area contributed by atoms with Crippen molar-refractivity contribution in [3.8, 4) is 5.75 Å². The van der Waals surface area contributed by atoms with Crippen molar-refractivity contribution >= 4 is 17.8 Å². The molecule has 2 rings (SSSR count). The van der Waals surface area contributed by atoms with Crippen molar-refractivity contribution in [1.82, 2.24) is 10.6 Å². The summed E-state index contributed by atoms with van der Waals surface area (Å²) in [4.78, 5) is 36.5. The highest BCUT2D eigenvalue weighted by molar-refractivity contribution is 5.91. The molecule has 0 saturated heterocycles. The van der Waals surface area contributed by atoms with E-state index in [1.807, 2.05) is 6.07 Å². The van der Waals surface area contributed by atoms with E-state index in [0.29, 0.717) is 5.56 Å². The maximum Gasteiger partial charge on any atom is 0.326 e. The molecule has 2 aromatic carbocycles. The molecule has 0 aromatic heterocycles. The number of nitrogens with two attached hydrogens (primary N) is 1. The highest BCUT2D eigenvalue weighted by Crippen LogP contribution is 2.12. The van der Waals surface area contributed by atoms with Gasteiger partial charge in [-0.15, -0.1) is 0 Å². The summed E-state index contributed by atoms with van der Waals surface area (Å²) in [7, 11) is 0. The Bertz CT molecular complexity index is 837. The van der Waals surface area contributed by atoms with Crippen LogP contribution in [0.2, 0.25) is 0 Å². The predicted molar refractivity (Wildman–Crippen MR) is 107 cm³/mol. The number of amides is 2. The van der Waals surface area contributed by atoms with E-state index in [1.165, 1.54) is 19.1 Å². The number of rotatable bonds is 9. The fourth-order valence-electron chi connectivity index (χ4n) is 2.70. The summed E-state index contributed by atoms with van der Waals surface area (Å²) >= 11 is 0. The lowest BCUT2D eigenvalue weighted by atomic mass is 10.0. The van der Waals surface area contributed by atoms with E-state index in [0.717, 1.165) is 5.56 Å². The van der Waals surface area contributed by atoms with Crippen molar-refractivity contribution < 1.29 is 24.6 Å². The number of carboxylic acid groups (broad SMARTS) is 1. The third kappa shape index (κ3) is 6.93. The van der Waals surface area contributed by atoms with Gasteiger partial charge in [0.25, 0.3) is 0 Å². The van der Waals surface area contributed by atoms with Gasteiger partial charge in [0.1, 0.15) is 17.8 Å². The van der Waals surface area contributed by atoms with Crippen molar-refractivity contribution in [2.75, 3.05) is 0 Å². The molecule has 0 aliphatic rings. The molecule has 0 bridgehead atoms. The molecule has 29 heavy (non-hydrogen) atoms. The molecule has 2 aromatic rings. The highest BCUT2D eigenvalue weighted by Gasteiger charge is 2.27. The van der Waals surface area contributed by atoms with Gasteiger partial charge in [-0.1, -0.05) is 42.5 Å². The van der Waals surface area contributed by atoms with Crippen LogP contribution in [0.5, 0.6) is 5.75 Å². The monoisotopic (exact) mass is 399 g/mol. The van der Waals surface area contributed by atoms with Crippen LogP contribution in [-0.4, -0.2) is 46.1 Å². The molecule has 0 fully saturated rings. The van der Waals surface area contributed by atoms with Crippen molar-refractivity contribution in [3.05, 3.63) is 65.7 Å². The summed E-state index contributed by atoms with van der Waals surface area (Å²) in [5, 5.41) is 24.0. The molecular weight excluding hydrogens is 374 g/mol. The SMILES string of the molecule is C[C@H](N)C(=O)N[C@@H](Cc1ccc(O)cc1)C(=O)N[C@@H](Cc1ccccc1)C(=O)O. The number of aliphatic carboxylic acids is 1. The van der Waals surface area contributed by atoms with E-state index in [9.17, 15) is 24.6 Å². The lowest BCUT2D eigenvalue weighted by Crippen LogP contribution is -2.55. The van der Waals surface area contributed by atoms with Gasteiger partial charge in [0.2, 0.25) is 11.8 Å². The van der Waals surface area contributed by atoms with E-state index >= 15 is 0 Å². The molecule has 8 nitrogen and oxygen atoms in total. The van der Waals surface area contributed by atoms with Gasteiger partial charge in [0.05, 0.1) is 6.04 Å². The number of phenols is 1. The quantitative estimate of drug-likeness (QED) is 0.418. The van der Waals surface area contributed by atoms with Crippen LogP contribution in [0.4, 0.5) is 0 Å². The molecule has 0 spiro atoms. The second-order valence-electron chi connectivity index (χ2n) is 6.81. The van der Waals surface area contributed by atoms with Crippen molar-refractivity contribution in [2.45, 2.75) is 37.9 Å². The van der Waals surface area contributed by atoms with E-state index in [2.05, 4.69) is 10.6 Å². The lowest BCUT2D eigenvalue weighted by Gasteiger charge is -2.22. The smallest absolute Gasteiger partial charge is 0.326 e. The zero-order valence-corrected chi connectivity index (χ0v) is 16.0. The molecule has 2 amide bonds. The van der Waals surface area contributed by atoms with Crippen LogP contribution in [0.1, 0.15) is 18.1 Å². The van der Waals surface area contributed by atoms with Gasteiger partial charge in [-0.3, -0.25) is 9.59 Å². The van der Waals surface area contributed by atoms with Gasteiger partial charge in [-0.2, -0.15) is 0 Å². The van der Waals surface area contributed by atoms with Crippen molar-refractivity contribution in [2.24, 2.45) is 5.73 Å². The normalized spacial score (nSPS) is 13.7. The largest absolute Gasteiger partial charge is 0.508 e. The van der Waals surface area contributed by atoms with Crippen molar-refractivity contribution in [3.63, 3.8) is 0 Å². The summed E-state index contributed by atoms with van der Waals surface area (Å²) < 4.78 is 0. The van der Waals surface area contributed by atoms with Crippen LogP contribution in [-0.2, 0) is 27.2 Å². The van der Waals surface area contributed by atoms with Gasteiger partial charge >= 0.3 is 5.97 Å². The molecule has 3 atom stereocenters. The van der Waals surface area contributed by atoms with Gasteiger partial charge in [-0.05, 0) is 30.2 Å². The average molecular weight is 399 g/mol. The van der Waals surface area contributed by atoms with E-state index < -0.39 is 35.9 Å². The second kappa shape index (κ2) is 10.2. The van der Waals surface area contributed by atoms with Gasteiger partial charge in [0.15, 0.2) is 0 Å².